The van der Waals surface area contributed by atoms with E-state index in [2.05, 4.69) is 56.1 Å². The van der Waals surface area contributed by atoms with Crippen molar-refractivity contribution in [2.45, 2.75) is 43.1 Å². The van der Waals surface area contributed by atoms with Crippen LogP contribution in [0.2, 0.25) is 0 Å². The molecule has 2 aliphatic rings. The summed E-state index contributed by atoms with van der Waals surface area (Å²) in [7, 11) is 0. The molecule has 2 fully saturated rings. The average Bonchev–Trinajstić information content (AvgIpc) is 3.61. The molecule has 3 heterocycles. The second-order valence-corrected chi connectivity index (χ2v) is 9.48. The molecule has 1 aromatic heterocycles. The zero-order valence-corrected chi connectivity index (χ0v) is 19.1. The Morgan fingerprint density at radius 2 is 1.53 bits per heavy atom. The van der Waals surface area contributed by atoms with Crippen LogP contribution in [0, 0.1) is 0 Å². The van der Waals surface area contributed by atoms with Gasteiger partial charge in [-0.1, -0.05) is 42.1 Å². The van der Waals surface area contributed by atoms with Crippen LogP contribution in [0.4, 0.5) is 0 Å². The first-order valence-electron chi connectivity index (χ1n) is 11.5. The predicted molar refractivity (Wildman–Crippen MR) is 127 cm³/mol. The van der Waals surface area contributed by atoms with Gasteiger partial charge >= 0.3 is 0 Å². The third kappa shape index (κ3) is 4.74. The summed E-state index contributed by atoms with van der Waals surface area (Å²) in [6, 6.07) is 18.4. The van der Waals surface area contributed by atoms with Crippen molar-refractivity contribution in [1.82, 2.24) is 24.6 Å². The summed E-state index contributed by atoms with van der Waals surface area (Å²) in [6.07, 6.45) is 4.75. The van der Waals surface area contributed by atoms with Gasteiger partial charge in [-0.2, -0.15) is 0 Å². The van der Waals surface area contributed by atoms with Crippen LogP contribution in [0.15, 0.2) is 59.8 Å². The fourth-order valence-corrected chi connectivity index (χ4v) is 5.39. The van der Waals surface area contributed by atoms with Crippen LogP contribution in [-0.4, -0.2) is 56.7 Å². The lowest BCUT2D eigenvalue weighted by Crippen LogP contribution is -2.27. The normalized spacial score (nSPS) is 16.7. The molecule has 0 bridgehead atoms. The Morgan fingerprint density at radius 1 is 0.844 bits per heavy atom. The van der Waals surface area contributed by atoms with Gasteiger partial charge in [-0.15, -0.1) is 10.2 Å². The molecule has 0 aliphatic carbocycles. The number of carbonyl (C=O) groups is 1. The summed E-state index contributed by atoms with van der Waals surface area (Å²) >= 11 is 1.69. The molecule has 0 radical (unpaired) electrons. The number of carbonyl (C=O) groups excluding carboxylic acids is 1. The summed E-state index contributed by atoms with van der Waals surface area (Å²) in [6.45, 7) is 4.85. The van der Waals surface area contributed by atoms with Gasteiger partial charge in [-0.3, -0.25) is 14.3 Å². The van der Waals surface area contributed by atoms with Crippen LogP contribution in [0.5, 0.6) is 0 Å². The Labute approximate surface area is 193 Å². The first-order chi connectivity index (χ1) is 15.8. The van der Waals surface area contributed by atoms with E-state index in [4.69, 9.17) is 0 Å². The molecule has 166 valence electrons. The minimum atomic E-state index is 0.150. The molecular weight excluding hydrogens is 418 g/mol. The summed E-state index contributed by atoms with van der Waals surface area (Å²) < 4.78 is 2.19. The standard InChI is InChI=1S/C25H29N5OS/c31-24(29-16-6-7-17-29)21-12-10-20(11-13-21)19-32-25-27-26-23(18-28-14-4-5-15-28)30(25)22-8-2-1-3-9-22/h1-3,8-13H,4-7,14-19H2. The number of hydrogen-bond donors (Lipinski definition) is 0. The van der Waals surface area contributed by atoms with Crippen LogP contribution in [0.1, 0.15) is 47.4 Å². The van der Waals surface area contributed by atoms with Gasteiger partial charge in [0.25, 0.3) is 5.91 Å². The topological polar surface area (TPSA) is 54.3 Å². The molecule has 2 saturated heterocycles. The first kappa shape index (κ1) is 21.2. The Kier molecular flexibility index (Phi) is 6.55. The van der Waals surface area contributed by atoms with Crippen LogP contribution in [-0.2, 0) is 12.3 Å². The average molecular weight is 448 g/mol. The minimum absolute atomic E-state index is 0.150. The third-order valence-corrected chi connectivity index (χ3v) is 7.24. The molecule has 0 atom stereocenters. The molecule has 7 heteroatoms. The van der Waals surface area contributed by atoms with Crippen molar-refractivity contribution in [3.8, 4) is 5.69 Å². The first-order valence-corrected chi connectivity index (χ1v) is 12.5. The molecule has 2 aliphatic heterocycles. The van der Waals surface area contributed by atoms with Crippen LogP contribution < -0.4 is 0 Å². The second-order valence-electron chi connectivity index (χ2n) is 8.54. The molecule has 0 spiro atoms. The highest BCUT2D eigenvalue weighted by Gasteiger charge is 2.21. The highest BCUT2D eigenvalue weighted by Crippen LogP contribution is 2.27. The van der Waals surface area contributed by atoms with E-state index in [1.54, 1.807) is 11.8 Å². The van der Waals surface area contributed by atoms with Crippen molar-refractivity contribution in [2.75, 3.05) is 26.2 Å². The second kappa shape index (κ2) is 9.88. The van der Waals surface area contributed by atoms with Crippen molar-refractivity contribution >= 4 is 17.7 Å². The zero-order valence-electron chi connectivity index (χ0n) is 18.3. The van der Waals surface area contributed by atoms with E-state index in [-0.39, 0.29) is 5.91 Å². The zero-order chi connectivity index (χ0) is 21.8. The summed E-state index contributed by atoms with van der Waals surface area (Å²) in [5, 5.41) is 9.99. The number of para-hydroxylation sites is 1. The number of likely N-dealkylation sites (tertiary alicyclic amines) is 2. The van der Waals surface area contributed by atoms with E-state index < -0.39 is 0 Å². The van der Waals surface area contributed by atoms with Gasteiger partial charge < -0.3 is 4.90 Å². The molecule has 32 heavy (non-hydrogen) atoms. The maximum absolute atomic E-state index is 12.6. The van der Waals surface area contributed by atoms with Gasteiger partial charge in [0.2, 0.25) is 0 Å². The van der Waals surface area contributed by atoms with Gasteiger partial charge in [0.05, 0.1) is 6.54 Å². The van der Waals surface area contributed by atoms with Crippen molar-refractivity contribution < 1.29 is 4.79 Å². The fraction of sp³-hybridized carbons (Fsp3) is 0.400. The molecule has 6 nitrogen and oxygen atoms in total. The SMILES string of the molecule is O=C(c1ccc(CSc2nnc(CN3CCCC3)n2-c2ccccc2)cc1)N1CCCC1. The fourth-order valence-electron chi connectivity index (χ4n) is 4.47. The smallest absolute Gasteiger partial charge is 0.253 e. The third-order valence-electron chi connectivity index (χ3n) is 6.24. The molecule has 0 unspecified atom stereocenters. The van der Waals surface area contributed by atoms with E-state index in [1.165, 1.54) is 18.4 Å². The van der Waals surface area contributed by atoms with Gasteiger partial charge in [-0.05, 0) is 68.6 Å². The summed E-state index contributed by atoms with van der Waals surface area (Å²) in [4.78, 5) is 17.0. The van der Waals surface area contributed by atoms with E-state index in [1.807, 2.05) is 23.1 Å². The van der Waals surface area contributed by atoms with Crippen molar-refractivity contribution in [1.29, 1.82) is 0 Å². The largest absolute Gasteiger partial charge is 0.339 e. The molecule has 3 aromatic rings. The van der Waals surface area contributed by atoms with Crippen molar-refractivity contribution in [2.24, 2.45) is 0 Å². The van der Waals surface area contributed by atoms with E-state index in [9.17, 15) is 4.79 Å². The maximum atomic E-state index is 12.6. The molecule has 5 rings (SSSR count). The van der Waals surface area contributed by atoms with E-state index in [0.29, 0.717) is 0 Å². The molecular formula is C25H29N5OS. The predicted octanol–water partition coefficient (Wildman–Crippen LogP) is 4.39. The highest BCUT2D eigenvalue weighted by atomic mass is 32.2. The molecule has 0 saturated carbocycles. The number of hydrogen-bond acceptors (Lipinski definition) is 5. The maximum Gasteiger partial charge on any atom is 0.253 e. The Balaban J connectivity index is 1.30. The van der Waals surface area contributed by atoms with Gasteiger partial charge in [0.1, 0.15) is 0 Å². The lowest BCUT2D eigenvalue weighted by molar-refractivity contribution is 0.0793. The van der Waals surface area contributed by atoms with Crippen LogP contribution in [0.25, 0.3) is 5.69 Å². The quantitative estimate of drug-likeness (QED) is 0.503. The van der Waals surface area contributed by atoms with E-state index >= 15 is 0 Å². The lowest BCUT2D eigenvalue weighted by atomic mass is 10.1. The minimum Gasteiger partial charge on any atom is -0.339 e. The summed E-state index contributed by atoms with van der Waals surface area (Å²) in [5.74, 6) is 1.93. The lowest BCUT2D eigenvalue weighted by Gasteiger charge is -2.16. The van der Waals surface area contributed by atoms with Crippen LogP contribution >= 0.6 is 11.8 Å². The van der Waals surface area contributed by atoms with Crippen molar-refractivity contribution in [3.63, 3.8) is 0 Å². The Morgan fingerprint density at radius 3 is 2.25 bits per heavy atom. The molecule has 1 amide bonds. The number of nitrogens with zero attached hydrogens (tertiary/aromatic N) is 5. The Bertz CT molecular complexity index is 1040. The van der Waals surface area contributed by atoms with Crippen molar-refractivity contribution in [3.05, 3.63) is 71.5 Å². The molecule has 0 N–H and O–H groups in total. The highest BCUT2D eigenvalue weighted by molar-refractivity contribution is 7.98. The van der Waals surface area contributed by atoms with Crippen LogP contribution in [0.3, 0.4) is 0 Å². The number of amides is 1. The van der Waals surface area contributed by atoms with Gasteiger partial charge in [0.15, 0.2) is 11.0 Å². The number of rotatable bonds is 7. The van der Waals surface area contributed by atoms with E-state index in [0.717, 1.165) is 73.5 Å². The number of benzene rings is 2. The summed E-state index contributed by atoms with van der Waals surface area (Å²) in [5.41, 5.74) is 3.05. The van der Waals surface area contributed by atoms with Gasteiger partial charge in [0, 0.05) is 30.1 Å². The number of thioether (sulfide) groups is 1. The Hall–Kier alpha value is -2.64. The number of aromatic nitrogens is 3. The monoisotopic (exact) mass is 447 g/mol. The molecule has 2 aromatic carbocycles. The van der Waals surface area contributed by atoms with Gasteiger partial charge in [-0.25, -0.2) is 0 Å².